The monoisotopic (exact) mass is 578 g/mol. The van der Waals surface area contributed by atoms with E-state index in [4.69, 9.17) is 23.2 Å². The second kappa shape index (κ2) is 13.2. The minimum Gasteiger partial charge on any atom is -0.357 e. The Kier molecular flexibility index (Phi) is 10.3. The molecule has 1 N–H and O–H groups in total. The molecule has 0 saturated carbocycles. The van der Waals surface area contributed by atoms with Gasteiger partial charge in [0.15, 0.2) is 0 Å². The van der Waals surface area contributed by atoms with Crippen molar-refractivity contribution in [2.75, 3.05) is 12.8 Å². The number of nitrogens with one attached hydrogen (secondary N) is 1. The fourth-order valence-electron chi connectivity index (χ4n) is 3.49. The largest absolute Gasteiger partial charge is 0.357 e. The molecular formula is C26H25BrCl2N2O2S. The van der Waals surface area contributed by atoms with E-state index in [0.29, 0.717) is 27.8 Å². The normalized spacial score (nSPS) is 11.6. The van der Waals surface area contributed by atoms with Crippen molar-refractivity contribution in [2.24, 2.45) is 0 Å². The molecule has 0 unspecified atom stereocenters. The number of halogens is 3. The van der Waals surface area contributed by atoms with E-state index in [1.807, 2.05) is 54.6 Å². The van der Waals surface area contributed by atoms with Crippen LogP contribution in [0, 0.1) is 0 Å². The maximum Gasteiger partial charge on any atom is 0.242 e. The van der Waals surface area contributed by atoms with Gasteiger partial charge in [-0.2, -0.15) is 0 Å². The lowest BCUT2D eigenvalue weighted by Gasteiger charge is -2.31. The number of amides is 2. The van der Waals surface area contributed by atoms with Crippen LogP contribution in [0.4, 0.5) is 0 Å². The van der Waals surface area contributed by atoms with Crippen LogP contribution in [0.3, 0.4) is 0 Å². The number of hydrogen-bond acceptors (Lipinski definition) is 3. The highest BCUT2D eigenvalue weighted by Crippen LogP contribution is 2.28. The summed E-state index contributed by atoms with van der Waals surface area (Å²) >= 11 is 17.8. The van der Waals surface area contributed by atoms with Crippen LogP contribution < -0.4 is 5.32 Å². The molecule has 178 valence electrons. The van der Waals surface area contributed by atoms with Crippen molar-refractivity contribution >= 4 is 62.7 Å². The second-order valence-electron chi connectivity index (χ2n) is 7.66. The summed E-state index contributed by atoms with van der Waals surface area (Å²) in [6.45, 7) is 0.140. The zero-order valence-corrected chi connectivity index (χ0v) is 22.6. The van der Waals surface area contributed by atoms with Gasteiger partial charge in [-0.1, -0.05) is 87.7 Å². The standard InChI is InChI=1S/C26H25BrCl2N2O2S/c1-30-26(33)24(14-18-6-3-2-4-7-18)31(15-21-22(28)8-5-9-23(21)29)25(32)17-34-16-19-10-12-20(27)13-11-19/h2-13,24H,14-17H2,1H3,(H,30,33)/t24-/m1/s1. The zero-order valence-electron chi connectivity index (χ0n) is 18.6. The summed E-state index contributed by atoms with van der Waals surface area (Å²) in [6, 6.07) is 22.2. The third-order valence-corrected chi connectivity index (χ3v) is 7.54. The van der Waals surface area contributed by atoms with Crippen molar-refractivity contribution in [3.8, 4) is 0 Å². The summed E-state index contributed by atoms with van der Waals surface area (Å²) in [4.78, 5) is 28.1. The number of hydrogen-bond donors (Lipinski definition) is 1. The summed E-state index contributed by atoms with van der Waals surface area (Å²) in [6.07, 6.45) is 0.381. The SMILES string of the molecule is CNC(=O)[C@@H](Cc1ccccc1)N(Cc1c(Cl)cccc1Cl)C(=O)CSCc1ccc(Br)cc1. The molecule has 0 heterocycles. The van der Waals surface area contributed by atoms with Gasteiger partial charge in [-0.3, -0.25) is 9.59 Å². The quantitative estimate of drug-likeness (QED) is 0.303. The molecule has 3 rings (SSSR count). The third kappa shape index (κ3) is 7.51. The fraction of sp³-hybridized carbons (Fsp3) is 0.231. The average Bonchev–Trinajstić information content (AvgIpc) is 2.84. The first-order chi connectivity index (χ1) is 16.4. The summed E-state index contributed by atoms with van der Waals surface area (Å²) in [5.41, 5.74) is 2.70. The molecule has 2 amide bonds. The smallest absolute Gasteiger partial charge is 0.242 e. The number of carbonyl (C=O) groups excluding carboxylic acids is 2. The molecular weight excluding hydrogens is 555 g/mol. The van der Waals surface area contributed by atoms with Gasteiger partial charge in [0.2, 0.25) is 11.8 Å². The molecule has 0 bridgehead atoms. The molecule has 0 radical (unpaired) electrons. The van der Waals surface area contributed by atoms with Crippen LogP contribution in [0.5, 0.6) is 0 Å². The Balaban J connectivity index is 1.85. The van der Waals surface area contributed by atoms with Crippen LogP contribution >= 0.6 is 50.9 Å². The molecule has 8 heteroatoms. The summed E-state index contributed by atoms with van der Waals surface area (Å²) < 4.78 is 1.01. The van der Waals surface area contributed by atoms with Crippen LogP contribution in [0.2, 0.25) is 10.0 Å². The molecule has 34 heavy (non-hydrogen) atoms. The Morgan fingerprint density at radius 3 is 2.21 bits per heavy atom. The lowest BCUT2D eigenvalue weighted by Crippen LogP contribution is -2.50. The minimum atomic E-state index is -0.708. The third-order valence-electron chi connectivity index (χ3n) is 5.32. The summed E-state index contributed by atoms with van der Waals surface area (Å²) in [5, 5.41) is 3.64. The highest BCUT2D eigenvalue weighted by Gasteiger charge is 2.30. The number of thioether (sulfide) groups is 1. The maximum absolute atomic E-state index is 13.5. The van der Waals surface area contributed by atoms with Crippen molar-refractivity contribution in [3.63, 3.8) is 0 Å². The molecule has 0 aliphatic heterocycles. The predicted octanol–water partition coefficient (Wildman–Crippen LogP) is 6.38. The maximum atomic E-state index is 13.5. The zero-order chi connectivity index (χ0) is 24.5. The number of nitrogens with zero attached hydrogens (tertiary/aromatic N) is 1. The van der Waals surface area contributed by atoms with Crippen molar-refractivity contribution in [1.82, 2.24) is 10.2 Å². The predicted molar refractivity (Wildman–Crippen MR) is 145 cm³/mol. The summed E-state index contributed by atoms with van der Waals surface area (Å²) in [7, 11) is 1.58. The molecule has 0 saturated heterocycles. The average molecular weight is 580 g/mol. The van der Waals surface area contributed by atoms with Gasteiger partial charge in [-0.05, 0) is 35.4 Å². The first-order valence-electron chi connectivity index (χ1n) is 10.7. The molecule has 0 spiro atoms. The highest BCUT2D eigenvalue weighted by atomic mass is 79.9. The Hall–Kier alpha value is -1.99. The van der Waals surface area contributed by atoms with Crippen LogP contribution in [0.25, 0.3) is 0 Å². The molecule has 3 aromatic carbocycles. The Bertz CT molecular complexity index is 1090. The second-order valence-corrected chi connectivity index (χ2v) is 10.4. The van der Waals surface area contributed by atoms with E-state index >= 15 is 0 Å². The van der Waals surface area contributed by atoms with Gasteiger partial charge in [0, 0.05) is 45.8 Å². The van der Waals surface area contributed by atoms with Crippen LogP contribution in [0.1, 0.15) is 16.7 Å². The van der Waals surface area contributed by atoms with Gasteiger partial charge in [-0.15, -0.1) is 11.8 Å². The Morgan fingerprint density at radius 2 is 1.59 bits per heavy atom. The van der Waals surface area contributed by atoms with E-state index in [0.717, 1.165) is 15.6 Å². The first-order valence-corrected chi connectivity index (χ1v) is 13.4. The van der Waals surface area contributed by atoms with E-state index in [-0.39, 0.29) is 24.1 Å². The lowest BCUT2D eigenvalue weighted by molar-refractivity contribution is -0.139. The highest BCUT2D eigenvalue weighted by molar-refractivity contribution is 9.10. The molecule has 0 fully saturated rings. The molecule has 0 aliphatic rings. The van der Waals surface area contributed by atoms with Crippen molar-refractivity contribution in [1.29, 1.82) is 0 Å². The van der Waals surface area contributed by atoms with Gasteiger partial charge >= 0.3 is 0 Å². The number of likely N-dealkylation sites (N-methyl/N-ethyl adjacent to an activating group) is 1. The van der Waals surface area contributed by atoms with E-state index in [1.54, 1.807) is 30.1 Å². The van der Waals surface area contributed by atoms with Crippen LogP contribution in [0.15, 0.2) is 77.3 Å². The molecule has 1 atom stereocenters. The van der Waals surface area contributed by atoms with Crippen LogP contribution in [-0.4, -0.2) is 35.6 Å². The molecule has 0 aliphatic carbocycles. The fourth-order valence-corrected chi connectivity index (χ4v) is 5.15. The molecule has 0 aromatic heterocycles. The van der Waals surface area contributed by atoms with E-state index < -0.39 is 6.04 Å². The number of carbonyl (C=O) groups is 2. The Morgan fingerprint density at radius 1 is 0.941 bits per heavy atom. The van der Waals surface area contributed by atoms with Gasteiger partial charge in [-0.25, -0.2) is 0 Å². The van der Waals surface area contributed by atoms with E-state index in [9.17, 15) is 9.59 Å². The molecule has 4 nitrogen and oxygen atoms in total. The van der Waals surface area contributed by atoms with E-state index in [2.05, 4.69) is 21.2 Å². The Labute approximate surface area is 223 Å². The van der Waals surface area contributed by atoms with Gasteiger partial charge in [0.05, 0.1) is 5.75 Å². The van der Waals surface area contributed by atoms with Crippen molar-refractivity contribution in [2.45, 2.75) is 24.8 Å². The minimum absolute atomic E-state index is 0.140. The van der Waals surface area contributed by atoms with Gasteiger partial charge in [0.1, 0.15) is 6.04 Å². The summed E-state index contributed by atoms with van der Waals surface area (Å²) in [5.74, 6) is 0.518. The van der Waals surface area contributed by atoms with Gasteiger partial charge in [0.25, 0.3) is 0 Å². The first kappa shape index (κ1) is 26.6. The van der Waals surface area contributed by atoms with Crippen LogP contribution in [-0.2, 0) is 28.3 Å². The molecule has 3 aromatic rings. The number of benzene rings is 3. The van der Waals surface area contributed by atoms with Crippen molar-refractivity contribution in [3.05, 3.63) is 104 Å². The van der Waals surface area contributed by atoms with Gasteiger partial charge < -0.3 is 10.2 Å². The lowest BCUT2D eigenvalue weighted by atomic mass is 10.0. The van der Waals surface area contributed by atoms with Crippen molar-refractivity contribution < 1.29 is 9.59 Å². The van der Waals surface area contributed by atoms with E-state index in [1.165, 1.54) is 11.8 Å². The topological polar surface area (TPSA) is 49.4 Å². The number of rotatable bonds is 10.